The second kappa shape index (κ2) is 7.17. The van der Waals surface area contributed by atoms with Crippen molar-refractivity contribution in [3.63, 3.8) is 0 Å². The van der Waals surface area contributed by atoms with Gasteiger partial charge in [0.15, 0.2) is 0 Å². The first-order valence-corrected chi connectivity index (χ1v) is 8.84. The lowest BCUT2D eigenvalue weighted by molar-refractivity contribution is -0.131. The van der Waals surface area contributed by atoms with Gasteiger partial charge in [-0.15, -0.1) is 0 Å². The maximum atomic E-state index is 12.6. The predicted octanol–water partition coefficient (Wildman–Crippen LogP) is 4.67. The second-order valence-corrected chi connectivity index (χ2v) is 7.12. The number of amides is 2. The Morgan fingerprint density at radius 2 is 1.50 bits per heavy atom. The molecule has 0 aromatic heterocycles. The number of aryl methyl sites for hydroxylation is 1. The molecule has 0 bridgehead atoms. The van der Waals surface area contributed by atoms with E-state index in [2.05, 4.69) is 10.6 Å². The van der Waals surface area contributed by atoms with E-state index in [1.165, 1.54) is 7.11 Å². The van der Waals surface area contributed by atoms with Gasteiger partial charge in [-0.25, -0.2) is 0 Å². The maximum Gasteiger partial charge on any atom is 0.240 e. The van der Waals surface area contributed by atoms with Gasteiger partial charge in [-0.3, -0.25) is 9.59 Å². The van der Waals surface area contributed by atoms with Crippen molar-refractivity contribution in [2.24, 2.45) is 5.41 Å². The van der Waals surface area contributed by atoms with Crippen LogP contribution in [0, 0.1) is 12.3 Å². The monoisotopic (exact) mass is 392 g/mol. The number of methoxy groups -OCH3 is 1. The topological polar surface area (TPSA) is 67.4 Å². The fourth-order valence-corrected chi connectivity index (χ4v) is 3.04. The van der Waals surface area contributed by atoms with Crippen LogP contribution in [-0.2, 0) is 9.59 Å². The van der Waals surface area contributed by atoms with Crippen LogP contribution in [0.1, 0.15) is 18.4 Å². The number of benzene rings is 2. The highest BCUT2D eigenvalue weighted by atomic mass is 35.5. The van der Waals surface area contributed by atoms with Crippen molar-refractivity contribution in [1.82, 2.24) is 0 Å². The summed E-state index contributed by atoms with van der Waals surface area (Å²) in [6.07, 6.45) is 0.988. The molecule has 1 aliphatic carbocycles. The van der Waals surface area contributed by atoms with Crippen LogP contribution in [0.5, 0.6) is 5.75 Å². The summed E-state index contributed by atoms with van der Waals surface area (Å²) >= 11 is 12.2. The number of ether oxygens (including phenoxy) is 1. The number of halogens is 2. The predicted molar refractivity (Wildman–Crippen MR) is 103 cm³/mol. The molecule has 3 rings (SSSR count). The highest BCUT2D eigenvalue weighted by molar-refractivity contribution is 6.32. The molecule has 2 aromatic carbocycles. The molecule has 0 unspecified atom stereocenters. The minimum atomic E-state index is -1.07. The van der Waals surface area contributed by atoms with Crippen molar-refractivity contribution in [1.29, 1.82) is 0 Å². The highest BCUT2D eigenvalue weighted by Gasteiger charge is 2.56. The molecule has 26 heavy (non-hydrogen) atoms. The maximum absolute atomic E-state index is 12.6. The van der Waals surface area contributed by atoms with Crippen LogP contribution in [0.15, 0.2) is 36.4 Å². The van der Waals surface area contributed by atoms with E-state index in [4.69, 9.17) is 27.9 Å². The smallest absolute Gasteiger partial charge is 0.240 e. The van der Waals surface area contributed by atoms with Gasteiger partial charge >= 0.3 is 0 Å². The molecular weight excluding hydrogens is 375 g/mol. The van der Waals surface area contributed by atoms with Gasteiger partial charge in [0, 0.05) is 16.4 Å². The first-order chi connectivity index (χ1) is 12.4. The van der Waals surface area contributed by atoms with Crippen molar-refractivity contribution in [3.05, 3.63) is 52.0 Å². The number of carbonyl (C=O) groups excluding carboxylic acids is 2. The Hall–Kier alpha value is -2.24. The number of carbonyl (C=O) groups is 2. The average molecular weight is 393 g/mol. The Bertz CT molecular complexity index is 879. The summed E-state index contributed by atoms with van der Waals surface area (Å²) in [5.74, 6) is -0.177. The van der Waals surface area contributed by atoms with Crippen molar-refractivity contribution in [2.45, 2.75) is 19.8 Å². The van der Waals surface area contributed by atoms with E-state index < -0.39 is 5.41 Å². The minimum Gasteiger partial charge on any atom is -0.495 e. The summed E-state index contributed by atoms with van der Waals surface area (Å²) in [4.78, 5) is 25.3. The first kappa shape index (κ1) is 18.5. The van der Waals surface area contributed by atoms with Crippen molar-refractivity contribution in [3.8, 4) is 5.75 Å². The van der Waals surface area contributed by atoms with Crippen LogP contribution in [0.4, 0.5) is 11.4 Å². The van der Waals surface area contributed by atoms with Gasteiger partial charge in [0.2, 0.25) is 11.8 Å². The SMILES string of the molecule is COc1ccc(NC(=O)C2(C(=O)Nc3ccc(C)c(Cl)c3)CC2)cc1Cl. The number of anilines is 2. The lowest BCUT2D eigenvalue weighted by atomic mass is 10.0. The highest BCUT2D eigenvalue weighted by Crippen LogP contribution is 2.47. The average Bonchev–Trinajstić information content (AvgIpc) is 3.40. The third-order valence-corrected chi connectivity index (χ3v) is 5.16. The Labute approximate surface area is 161 Å². The summed E-state index contributed by atoms with van der Waals surface area (Å²) < 4.78 is 5.09. The molecule has 2 amide bonds. The van der Waals surface area contributed by atoms with Crippen LogP contribution < -0.4 is 15.4 Å². The molecule has 5 nitrogen and oxygen atoms in total. The van der Waals surface area contributed by atoms with E-state index in [9.17, 15) is 9.59 Å². The Kier molecular flexibility index (Phi) is 5.12. The lowest BCUT2D eigenvalue weighted by Crippen LogP contribution is -2.35. The molecule has 0 heterocycles. The molecular formula is C19H18Cl2N2O3. The van der Waals surface area contributed by atoms with Crippen LogP contribution in [-0.4, -0.2) is 18.9 Å². The van der Waals surface area contributed by atoms with E-state index in [0.717, 1.165) is 5.56 Å². The zero-order valence-electron chi connectivity index (χ0n) is 14.4. The third-order valence-electron chi connectivity index (χ3n) is 4.46. The van der Waals surface area contributed by atoms with E-state index >= 15 is 0 Å². The second-order valence-electron chi connectivity index (χ2n) is 6.30. The third kappa shape index (κ3) is 3.64. The standard InChI is InChI=1S/C19H18Cl2N2O3/c1-11-3-4-12(9-14(11)20)22-17(24)19(7-8-19)18(25)23-13-5-6-16(26-2)15(21)10-13/h3-6,9-10H,7-8H2,1-2H3,(H,22,24)(H,23,25). The Balaban J connectivity index is 1.71. The Morgan fingerprint density at radius 3 is 1.96 bits per heavy atom. The normalized spacial score (nSPS) is 14.5. The van der Waals surface area contributed by atoms with Crippen molar-refractivity contribution in [2.75, 3.05) is 17.7 Å². The van der Waals surface area contributed by atoms with E-state index in [1.54, 1.807) is 30.3 Å². The summed E-state index contributed by atoms with van der Waals surface area (Å²) in [5, 5.41) is 6.48. The first-order valence-electron chi connectivity index (χ1n) is 8.08. The molecule has 0 aliphatic heterocycles. The molecule has 7 heteroatoms. The van der Waals surface area contributed by atoms with Gasteiger partial charge in [0.25, 0.3) is 0 Å². The summed E-state index contributed by atoms with van der Waals surface area (Å²) in [7, 11) is 1.51. The quantitative estimate of drug-likeness (QED) is 0.726. The lowest BCUT2D eigenvalue weighted by Gasteiger charge is -2.16. The van der Waals surface area contributed by atoms with Gasteiger partial charge in [-0.05, 0) is 55.7 Å². The molecule has 1 aliphatic rings. The van der Waals surface area contributed by atoms with Crippen molar-refractivity contribution >= 4 is 46.4 Å². The summed E-state index contributed by atoms with van der Waals surface area (Å²) in [5.41, 5.74) is 0.930. The van der Waals surface area contributed by atoms with Gasteiger partial charge in [0.05, 0.1) is 12.1 Å². The van der Waals surface area contributed by atoms with E-state index in [-0.39, 0.29) is 11.8 Å². The van der Waals surface area contributed by atoms with Gasteiger partial charge in [0.1, 0.15) is 11.2 Å². The van der Waals surface area contributed by atoms with Gasteiger partial charge in [-0.2, -0.15) is 0 Å². The number of nitrogens with one attached hydrogen (secondary N) is 2. The molecule has 1 fully saturated rings. The minimum absolute atomic E-state index is 0.338. The van der Waals surface area contributed by atoms with Crippen LogP contribution in [0.25, 0.3) is 0 Å². The fourth-order valence-electron chi connectivity index (χ4n) is 2.60. The molecule has 136 valence electrons. The molecule has 2 N–H and O–H groups in total. The molecule has 0 radical (unpaired) electrons. The Morgan fingerprint density at radius 1 is 0.962 bits per heavy atom. The zero-order chi connectivity index (χ0) is 18.9. The van der Waals surface area contributed by atoms with Crippen LogP contribution in [0.2, 0.25) is 10.0 Å². The summed E-state index contributed by atoms with van der Waals surface area (Å²) in [6, 6.07) is 10.2. The molecule has 1 saturated carbocycles. The van der Waals surface area contributed by atoms with Crippen LogP contribution >= 0.6 is 23.2 Å². The van der Waals surface area contributed by atoms with E-state index in [0.29, 0.717) is 40.0 Å². The molecule has 0 atom stereocenters. The number of hydrogen-bond acceptors (Lipinski definition) is 3. The summed E-state index contributed by atoms with van der Waals surface area (Å²) in [6.45, 7) is 1.88. The number of hydrogen-bond donors (Lipinski definition) is 2. The fraction of sp³-hybridized carbons (Fsp3) is 0.263. The van der Waals surface area contributed by atoms with Gasteiger partial charge in [-0.1, -0.05) is 29.3 Å². The van der Waals surface area contributed by atoms with Crippen LogP contribution in [0.3, 0.4) is 0 Å². The van der Waals surface area contributed by atoms with Crippen molar-refractivity contribution < 1.29 is 14.3 Å². The molecule has 0 saturated heterocycles. The molecule has 2 aromatic rings. The van der Waals surface area contributed by atoms with E-state index in [1.807, 2.05) is 13.0 Å². The number of rotatable bonds is 5. The van der Waals surface area contributed by atoms with Gasteiger partial charge < -0.3 is 15.4 Å². The zero-order valence-corrected chi connectivity index (χ0v) is 15.9. The molecule has 0 spiro atoms. The largest absolute Gasteiger partial charge is 0.495 e.